The van der Waals surface area contributed by atoms with Crippen molar-refractivity contribution in [1.29, 1.82) is 0 Å². The van der Waals surface area contributed by atoms with E-state index in [-0.39, 0.29) is 22.4 Å². The molecule has 1 radical (unpaired) electrons. The first kappa shape index (κ1) is 59.3. The second-order valence-corrected chi connectivity index (χ2v) is 49.4. The average Bonchev–Trinajstić information content (AvgIpc) is 3.04. The zero-order chi connectivity index (χ0) is 57.8. The predicted octanol–water partition coefficient (Wildman–Crippen LogP) is 18.9. The Bertz CT molecular complexity index is 3550. The van der Waals surface area contributed by atoms with Crippen LogP contribution < -0.4 is 39.3 Å². The first-order valence-corrected chi connectivity index (χ1v) is 45.0. The van der Waals surface area contributed by atoms with Crippen molar-refractivity contribution in [1.82, 2.24) is 0 Å². The molecule has 0 aliphatic carbocycles. The van der Waals surface area contributed by atoms with E-state index in [4.69, 9.17) is 0 Å². The van der Waals surface area contributed by atoms with Gasteiger partial charge in [-0.25, -0.2) is 0 Å². The van der Waals surface area contributed by atoms with Gasteiger partial charge in [-0.05, 0) is 153 Å². The fourth-order valence-corrected chi connectivity index (χ4v) is 41.1. The van der Waals surface area contributed by atoms with Crippen molar-refractivity contribution < 1.29 is 22.4 Å². The van der Waals surface area contributed by atoms with E-state index < -0.39 is 32.3 Å². The quantitative estimate of drug-likeness (QED) is 0.133. The van der Waals surface area contributed by atoms with Gasteiger partial charge in [-0.15, -0.1) is 0 Å². The Hall–Kier alpha value is -6.03. The molecule has 0 saturated heterocycles. The maximum Gasteiger partial charge on any atom is 0.125 e. The Kier molecular flexibility index (Phi) is 16.9. The predicted molar refractivity (Wildman–Crippen MR) is 386 cm³/mol. The molecule has 0 saturated carbocycles. The van der Waals surface area contributed by atoms with Crippen molar-refractivity contribution in [3.05, 3.63) is 267 Å². The van der Waals surface area contributed by atoms with Crippen molar-refractivity contribution in [2.45, 2.75) is 52.4 Å². The number of hydrogen-bond acceptors (Lipinski definition) is 0. The van der Waals surface area contributed by atoms with Gasteiger partial charge in [0.15, 0.2) is 0 Å². The fourth-order valence-electron chi connectivity index (χ4n) is 13.0. The smallest absolute Gasteiger partial charge is 0.0763 e. The summed E-state index contributed by atoms with van der Waals surface area (Å²) in [7, 11) is -5.43. The maximum absolute atomic E-state index is 2.73. The van der Waals surface area contributed by atoms with E-state index >= 15 is 0 Å². The molecule has 0 amide bonds. The number of rotatable bonds is 8. The maximum atomic E-state index is 2.73. The molecule has 5 heterocycles. The van der Waals surface area contributed by atoms with E-state index in [0.29, 0.717) is 0 Å². The van der Waals surface area contributed by atoms with Gasteiger partial charge >= 0.3 is 0 Å². The minimum absolute atomic E-state index is 0. The summed E-state index contributed by atoms with van der Waals surface area (Å²) in [6, 6.07) is 102. The standard InChI is InChI=1S/C76H68P4Si4.Au/c1-81(2)69-61(53-33-17-9-18-34-53)49-63(55-37-21-11-22-38-55)71(77-69)82(3,4)73-65(57-41-25-13-26-42-57)51-67(59-45-29-15-30-46-59)75(79-73)84(7,8)76-68(60-47-31-16-32-48-60)52-66(58-43-27-14-28-44-58)74(80-76)83(5,6)72-64(56-39-23-12-24-40-56)50-62(70(81)78-72)54-35-19-10-20-36-54;/h9-52H,1-8H3;. The van der Waals surface area contributed by atoms with Gasteiger partial charge in [0.05, 0.1) is 0 Å². The molecule has 0 N–H and O–H groups in total. The van der Waals surface area contributed by atoms with Crippen molar-refractivity contribution in [3.8, 4) is 89.0 Å². The van der Waals surface area contributed by atoms with Gasteiger partial charge in [0, 0.05) is 22.4 Å². The molecule has 419 valence electrons. The summed E-state index contributed by atoms with van der Waals surface area (Å²) in [4.78, 5) is 12.9. The van der Waals surface area contributed by atoms with Gasteiger partial charge in [-0.1, -0.05) is 328 Å². The fraction of sp³-hybridized carbons (Fsp3) is 0.105. The first-order valence-electron chi connectivity index (χ1n) is 29.4. The van der Waals surface area contributed by atoms with Crippen LogP contribution in [-0.4, -0.2) is 32.3 Å². The average molecular weight is 1410 g/mol. The number of hydrogen-bond donors (Lipinski definition) is 0. The molecule has 1 aliphatic heterocycles. The summed E-state index contributed by atoms with van der Waals surface area (Å²) in [5.74, 6) is 0. The third-order valence-corrected chi connectivity index (χ3v) is 48.9. The van der Waals surface area contributed by atoms with Crippen LogP contribution in [0.3, 0.4) is 0 Å². The molecule has 85 heavy (non-hydrogen) atoms. The molecular weight excluding hydrogens is 1350 g/mol. The molecule has 0 spiro atoms. The molecule has 13 rings (SSSR count). The van der Waals surface area contributed by atoms with Crippen LogP contribution in [0.5, 0.6) is 0 Å². The van der Waals surface area contributed by atoms with Crippen molar-refractivity contribution in [2.75, 3.05) is 0 Å². The Balaban J connectivity index is 0.00000709. The van der Waals surface area contributed by atoms with E-state index in [9.17, 15) is 0 Å². The minimum atomic E-state index is -2.71. The molecule has 0 atom stereocenters. The van der Waals surface area contributed by atoms with E-state index in [1.54, 1.807) is 39.3 Å². The summed E-state index contributed by atoms with van der Waals surface area (Å²) in [5.41, 5.74) is 21.6. The molecule has 0 fully saturated rings. The van der Waals surface area contributed by atoms with Crippen molar-refractivity contribution in [2.24, 2.45) is 0 Å². The van der Waals surface area contributed by atoms with Crippen molar-refractivity contribution >= 4 is 104 Å². The Morgan fingerprint density at radius 3 is 0.388 bits per heavy atom. The van der Waals surface area contributed by atoms with E-state index in [0.717, 1.165) is 0 Å². The van der Waals surface area contributed by atoms with Crippen LogP contribution in [0.15, 0.2) is 267 Å². The molecule has 0 unspecified atom stereocenters. The van der Waals surface area contributed by atoms with Gasteiger partial charge in [0.2, 0.25) is 0 Å². The van der Waals surface area contributed by atoms with Gasteiger partial charge in [0.25, 0.3) is 0 Å². The van der Waals surface area contributed by atoms with Gasteiger partial charge < -0.3 is 0 Å². The molecule has 0 nitrogen and oxygen atoms in total. The summed E-state index contributed by atoms with van der Waals surface area (Å²) in [5, 5.41) is 0. The molecule has 12 aromatic rings. The zero-order valence-electron chi connectivity index (χ0n) is 49.5. The summed E-state index contributed by atoms with van der Waals surface area (Å²) in [6.07, 6.45) is 0. The summed E-state index contributed by atoms with van der Waals surface area (Å²) < 4.78 is 0. The molecule has 1 aliphatic rings. The molecule has 9 heteroatoms. The second-order valence-electron chi connectivity index (χ2n) is 24.6. The van der Waals surface area contributed by atoms with Gasteiger partial charge in [0.1, 0.15) is 32.3 Å². The van der Waals surface area contributed by atoms with Crippen LogP contribution in [0.2, 0.25) is 52.4 Å². The van der Waals surface area contributed by atoms with Crippen LogP contribution >= 0.6 is 32.8 Å². The zero-order valence-corrected chi connectivity index (χ0v) is 59.2. The van der Waals surface area contributed by atoms with Crippen LogP contribution in [-0.2, 0) is 22.4 Å². The Morgan fingerprint density at radius 2 is 0.282 bits per heavy atom. The number of fused-ring (bicyclic) bond motifs is 8. The van der Waals surface area contributed by atoms with Gasteiger partial charge in [-0.2, -0.15) is 0 Å². The van der Waals surface area contributed by atoms with Crippen LogP contribution in [0, 0.1) is 0 Å². The number of benzene rings is 8. The molecule has 8 aromatic carbocycles. The van der Waals surface area contributed by atoms with Crippen molar-refractivity contribution in [3.63, 3.8) is 0 Å². The van der Waals surface area contributed by atoms with E-state index in [1.807, 2.05) is 0 Å². The van der Waals surface area contributed by atoms with E-state index in [1.165, 1.54) is 122 Å². The third-order valence-electron chi connectivity index (χ3n) is 17.5. The molecule has 4 aromatic heterocycles. The molecular formula is C76H68AuP4Si4. The monoisotopic (exact) mass is 1410 g/mol. The van der Waals surface area contributed by atoms with Gasteiger partial charge in [-0.3, -0.25) is 0 Å². The first-order chi connectivity index (χ1) is 40.7. The van der Waals surface area contributed by atoms with E-state index in [2.05, 4.69) is 319 Å². The molecule has 8 bridgehead atoms. The third kappa shape index (κ3) is 11.0. The SMILES string of the molecule is C[Si]1(C)c2pc(c(-c3ccccc3)cc2-c2ccccc2)[Si](C)(C)c2pc(c(-c3ccccc3)cc2-c2ccccc2)[Si](C)(C)c2pc(c(-c3ccccc3)cc2-c2ccccc2)[Si](C)(C)c2pc1c(-c1ccccc1)cc2-c1ccccc1.[Au]. The Morgan fingerprint density at radius 1 is 0.176 bits per heavy atom. The topological polar surface area (TPSA) is 0 Å². The normalized spacial score (nSPS) is 14.8. The Labute approximate surface area is 530 Å². The van der Waals surface area contributed by atoms with Crippen LogP contribution in [0.1, 0.15) is 0 Å². The summed E-state index contributed by atoms with van der Waals surface area (Å²) in [6.45, 7) is 21.8. The second kappa shape index (κ2) is 24.3. The largest absolute Gasteiger partial charge is 0.125 e. The summed E-state index contributed by atoms with van der Waals surface area (Å²) >= 11 is 0. The van der Waals surface area contributed by atoms with Crippen LogP contribution in [0.25, 0.3) is 89.0 Å². The van der Waals surface area contributed by atoms with Crippen LogP contribution in [0.4, 0.5) is 0 Å². The minimum Gasteiger partial charge on any atom is -0.0763 e.